The summed E-state index contributed by atoms with van der Waals surface area (Å²) in [6, 6.07) is 40.1. The van der Waals surface area contributed by atoms with Gasteiger partial charge in [0.05, 0.1) is 33.0 Å². The van der Waals surface area contributed by atoms with E-state index >= 15 is 0 Å². The van der Waals surface area contributed by atoms with Crippen LogP contribution in [0.5, 0.6) is 0 Å². The van der Waals surface area contributed by atoms with Gasteiger partial charge < -0.3 is 28.4 Å². The lowest BCUT2D eigenvalue weighted by Gasteiger charge is -2.45. The number of benzene rings is 4. The zero-order chi connectivity index (χ0) is 39.6. The molecule has 0 aliphatic carbocycles. The third-order valence-corrected chi connectivity index (χ3v) is 10.6. The van der Waals surface area contributed by atoms with E-state index in [1.54, 1.807) is 0 Å². The van der Waals surface area contributed by atoms with E-state index in [4.69, 9.17) is 28.4 Å². The number of unbranched alkanes of at least 4 members (excludes halogenated alkanes) is 12. The Bertz CT molecular complexity index is 1590. The van der Waals surface area contributed by atoms with Crippen molar-refractivity contribution in [3.05, 3.63) is 144 Å². The molecule has 308 valence electrons. The molecule has 0 N–H and O–H groups in total. The first-order valence-electron chi connectivity index (χ1n) is 21.6. The van der Waals surface area contributed by atoms with Crippen LogP contribution in [0, 0.1) is 0 Å². The molecule has 0 saturated carbocycles. The normalized spacial score (nSPS) is 19.4. The third-order valence-electron chi connectivity index (χ3n) is 10.6. The number of carbonyl (C=O) groups is 1. The lowest BCUT2D eigenvalue weighted by atomic mass is 9.97. The molecule has 0 aromatic heterocycles. The predicted molar refractivity (Wildman–Crippen MR) is 226 cm³/mol. The smallest absolute Gasteiger partial charge is 0.308 e. The molecule has 1 fully saturated rings. The minimum Gasteiger partial charge on any atom is -0.433 e. The van der Waals surface area contributed by atoms with E-state index in [0.717, 1.165) is 41.5 Å². The van der Waals surface area contributed by atoms with Gasteiger partial charge in [-0.05, 0) is 28.7 Å². The third kappa shape index (κ3) is 16.9. The van der Waals surface area contributed by atoms with Crippen molar-refractivity contribution in [1.82, 2.24) is 0 Å². The van der Waals surface area contributed by atoms with Crippen LogP contribution in [0.25, 0.3) is 0 Å². The Morgan fingerprint density at radius 2 is 0.860 bits per heavy atom. The Morgan fingerprint density at radius 1 is 0.474 bits per heavy atom. The average Bonchev–Trinajstić information content (AvgIpc) is 3.25. The van der Waals surface area contributed by atoms with Gasteiger partial charge in [0.25, 0.3) is 0 Å². The van der Waals surface area contributed by atoms with Crippen LogP contribution >= 0.6 is 0 Å². The molecule has 57 heavy (non-hydrogen) atoms. The second-order valence-corrected chi connectivity index (χ2v) is 15.3. The summed E-state index contributed by atoms with van der Waals surface area (Å²) in [7, 11) is 0. The zero-order valence-corrected chi connectivity index (χ0v) is 34.2. The van der Waals surface area contributed by atoms with Crippen LogP contribution in [0.15, 0.2) is 121 Å². The maximum Gasteiger partial charge on any atom is 0.308 e. The van der Waals surface area contributed by atoms with E-state index < -0.39 is 30.7 Å². The number of carbonyl (C=O) groups excluding carboxylic acids is 1. The maximum absolute atomic E-state index is 13.6. The summed E-state index contributed by atoms with van der Waals surface area (Å²) in [5.74, 6) is -0.300. The maximum atomic E-state index is 13.6. The SMILES string of the molecule is CCCCCCCCCCCCCCCC(=O)O[C@H]1O[C@H](COCc2ccccc2)[C@@H](OCc2ccccc2)[C@H](OCc2ccccc2)[C@H]1OCc1ccccc1. The molecule has 5 rings (SSSR count). The highest BCUT2D eigenvalue weighted by atomic mass is 16.7. The minimum atomic E-state index is -1.02. The van der Waals surface area contributed by atoms with Gasteiger partial charge in [0.2, 0.25) is 6.29 Å². The molecule has 1 aliphatic heterocycles. The highest BCUT2D eigenvalue weighted by molar-refractivity contribution is 5.69. The molecular formula is C50H66O7. The van der Waals surface area contributed by atoms with Crippen LogP contribution < -0.4 is 0 Å². The van der Waals surface area contributed by atoms with E-state index in [9.17, 15) is 4.79 Å². The van der Waals surface area contributed by atoms with E-state index in [-0.39, 0.29) is 19.2 Å². The Kier molecular flexibility index (Phi) is 20.9. The Hall–Kier alpha value is -3.85. The first kappa shape index (κ1) is 44.3. The van der Waals surface area contributed by atoms with Crippen LogP contribution in [-0.2, 0) is 59.6 Å². The minimum absolute atomic E-state index is 0.206. The molecule has 4 aromatic carbocycles. The van der Waals surface area contributed by atoms with Gasteiger partial charge >= 0.3 is 5.97 Å². The quantitative estimate of drug-likeness (QED) is 0.0420. The van der Waals surface area contributed by atoms with Crippen molar-refractivity contribution >= 4 is 5.97 Å². The van der Waals surface area contributed by atoms with Crippen LogP contribution in [-0.4, -0.2) is 43.3 Å². The molecule has 1 saturated heterocycles. The van der Waals surface area contributed by atoms with E-state index in [1.165, 1.54) is 64.2 Å². The summed E-state index contributed by atoms with van der Waals surface area (Å²) in [4.78, 5) is 13.6. The van der Waals surface area contributed by atoms with Gasteiger partial charge in [0, 0.05) is 6.42 Å². The monoisotopic (exact) mass is 778 g/mol. The van der Waals surface area contributed by atoms with Gasteiger partial charge in [-0.1, -0.05) is 205 Å². The zero-order valence-electron chi connectivity index (χ0n) is 34.2. The molecule has 1 heterocycles. The van der Waals surface area contributed by atoms with Crippen molar-refractivity contribution < 1.29 is 33.2 Å². The van der Waals surface area contributed by atoms with Gasteiger partial charge in [-0.25, -0.2) is 0 Å². The Labute approximate surface area is 342 Å². The van der Waals surface area contributed by atoms with Gasteiger partial charge in [0.15, 0.2) is 0 Å². The van der Waals surface area contributed by atoms with E-state index in [1.807, 2.05) is 121 Å². The summed E-state index contributed by atoms with van der Waals surface area (Å²) in [5, 5.41) is 0. The molecule has 1 aliphatic rings. The van der Waals surface area contributed by atoms with Crippen molar-refractivity contribution in [2.24, 2.45) is 0 Å². The van der Waals surface area contributed by atoms with Crippen LogP contribution in [0.1, 0.15) is 119 Å². The molecular weight excluding hydrogens is 713 g/mol. The van der Waals surface area contributed by atoms with Gasteiger partial charge in [-0.15, -0.1) is 0 Å². The Morgan fingerprint density at radius 3 is 1.32 bits per heavy atom. The summed E-state index contributed by atoms with van der Waals surface area (Å²) in [6.07, 6.45) is 12.8. The molecule has 0 unspecified atom stereocenters. The molecule has 7 heteroatoms. The average molecular weight is 779 g/mol. The molecule has 0 radical (unpaired) electrons. The predicted octanol–water partition coefficient (Wildman–Crippen LogP) is 11.7. The van der Waals surface area contributed by atoms with Gasteiger partial charge in [0.1, 0.15) is 24.4 Å². The molecule has 7 nitrogen and oxygen atoms in total. The highest BCUT2D eigenvalue weighted by Crippen LogP contribution is 2.32. The lowest BCUT2D eigenvalue weighted by Crippen LogP contribution is -2.62. The van der Waals surface area contributed by atoms with Crippen molar-refractivity contribution in [2.75, 3.05) is 6.61 Å². The highest BCUT2D eigenvalue weighted by Gasteiger charge is 2.50. The molecule has 4 aromatic rings. The van der Waals surface area contributed by atoms with Crippen LogP contribution in [0.2, 0.25) is 0 Å². The number of esters is 1. The molecule has 5 atom stereocenters. The summed E-state index contributed by atoms with van der Waals surface area (Å²) in [5.41, 5.74) is 4.08. The first-order valence-corrected chi connectivity index (χ1v) is 21.6. The standard InChI is InChI=1S/C50H66O7/c1-2-3-4-5-6-7-8-9-10-11-12-13-26-35-46(51)57-50-49(55-39-44-33-24-17-25-34-44)48(54-38-43-31-22-16-23-32-43)47(53-37-42-29-20-15-21-30-42)45(56-50)40-52-36-41-27-18-14-19-28-41/h14-25,27-34,45,47-50H,2-13,26,35-40H2,1H3/t45-,47-,48+,49-,50-/m1/s1. The van der Waals surface area contributed by atoms with Gasteiger partial charge in [-0.2, -0.15) is 0 Å². The summed E-state index contributed by atoms with van der Waals surface area (Å²) < 4.78 is 39.4. The lowest BCUT2D eigenvalue weighted by molar-refractivity contribution is -0.320. The first-order chi connectivity index (χ1) is 28.2. The van der Waals surface area contributed by atoms with E-state index in [2.05, 4.69) is 6.92 Å². The Balaban J connectivity index is 1.26. The van der Waals surface area contributed by atoms with Crippen LogP contribution in [0.3, 0.4) is 0 Å². The number of hydrogen-bond donors (Lipinski definition) is 0. The van der Waals surface area contributed by atoms with Crippen molar-refractivity contribution in [1.29, 1.82) is 0 Å². The number of hydrogen-bond acceptors (Lipinski definition) is 7. The second-order valence-electron chi connectivity index (χ2n) is 15.3. The fourth-order valence-corrected chi connectivity index (χ4v) is 7.32. The van der Waals surface area contributed by atoms with Crippen molar-refractivity contribution in [3.8, 4) is 0 Å². The van der Waals surface area contributed by atoms with Crippen molar-refractivity contribution in [2.45, 2.75) is 154 Å². The molecule has 0 amide bonds. The van der Waals surface area contributed by atoms with E-state index in [0.29, 0.717) is 26.2 Å². The number of ether oxygens (including phenoxy) is 6. The summed E-state index contributed by atoms with van der Waals surface area (Å²) in [6.45, 7) is 3.82. The molecule has 0 spiro atoms. The fourth-order valence-electron chi connectivity index (χ4n) is 7.32. The summed E-state index contributed by atoms with van der Waals surface area (Å²) >= 11 is 0. The second kappa shape index (κ2) is 27.0. The largest absolute Gasteiger partial charge is 0.433 e. The fraction of sp³-hybridized carbons (Fsp3) is 0.500. The molecule has 0 bridgehead atoms. The van der Waals surface area contributed by atoms with Crippen LogP contribution in [0.4, 0.5) is 0 Å². The topological polar surface area (TPSA) is 72.5 Å². The number of rotatable bonds is 28. The van der Waals surface area contributed by atoms with Gasteiger partial charge in [-0.3, -0.25) is 4.79 Å². The van der Waals surface area contributed by atoms with Crippen molar-refractivity contribution in [3.63, 3.8) is 0 Å².